The molecule has 2 fully saturated rings. The molecule has 1 saturated heterocycles. The Bertz CT molecular complexity index is 1010. The molecule has 2 aromatic carbocycles. The normalized spacial score (nSPS) is 26.7. The summed E-state index contributed by atoms with van der Waals surface area (Å²) < 4.78 is 6.16. The van der Waals surface area contributed by atoms with Gasteiger partial charge in [-0.3, -0.25) is 14.2 Å². The fourth-order valence-corrected chi connectivity index (χ4v) is 6.35. The van der Waals surface area contributed by atoms with Crippen LogP contribution in [0.2, 0.25) is 5.02 Å². The van der Waals surface area contributed by atoms with Gasteiger partial charge in [0.2, 0.25) is 6.73 Å². The maximum atomic E-state index is 11.4. The van der Waals surface area contributed by atoms with E-state index >= 15 is 0 Å². The van der Waals surface area contributed by atoms with Crippen molar-refractivity contribution in [3.63, 3.8) is 0 Å². The Morgan fingerprint density at radius 3 is 2.22 bits per heavy atom. The summed E-state index contributed by atoms with van der Waals surface area (Å²) >= 11 is 6.42. The molecule has 0 unspecified atom stereocenters. The smallest absolute Gasteiger partial charge is 0.306 e. The van der Waals surface area contributed by atoms with Crippen molar-refractivity contribution in [2.75, 3.05) is 33.4 Å². The van der Waals surface area contributed by atoms with Gasteiger partial charge in [-0.2, -0.15) is 0 Å². The molecule has 0 bridgehead atoms. The van der Waals surface area contributed by atoms with Gasteiger partial charge in [0, 0.05) is 30.5 Å². The van der Waals surface area contributed by atoms with Crippen molar-refractivity contribution in [1.82, 2.24) is 4.90 Å². The molecule has 0 spiro atoms. The molecular weight excluding hydrogens is 503 g/mol. The summed E-state index contributed by atoms with van der Waals surface area (Å²) in [5.74, 6) is 0.188. The van der Waals surface area contributed by atoms with Gasteiger partial charge in [-0.1, -0.05) is 86.5 Å². The van der Waals surface area contributed by atoms with E-state index in [1.54, 1.807) is 0 Å². The van der Waals surface area contributed by atoms with Crippen LogP contribution in [0.3, 0.4) is 0 Å². The number of carbonyl (C=O) groups is 1. The Hall–Kier alpha value is -1.59. The van der Waals surface area contributed by atoms with E-state index in [4.69, 9.17) is 16.3 Å². The van der Waals surface area contributed by atoms with Crippen LogP contribution in [0.5, 0.6) is 0 Å². The minimum absolute atomic E-state index is 0. The van der Waals surface area contributed by atoms with Crippen molar-refractivity contribution in [1.29, 1.82) is 0 Å². The number of fused-ring (bicyclic) bond motifs is 1. The zero-order chi connectivity index (χ0) is 25.8. The van der Waals surface area contributed by atoms with Gasteiger partial charge in [-0.15, -0.1) is 0 Å². The number of hydrogen-bond donors (Lipinski definition) is 0. The quantitative estimate of drug-likeness (QED) is 0.422. The molecule has 37 heavy (non-hydrogen) atoms. The molecule has 0 N–H and O–H groups in total. The Balaban J connectivity index is 0.000000479. The zero-order valence-corrected chi connectivity index (χ0v) is 24.5. The summed E-state index contributed by atoms with van der Waals surface area (Å²) in [5, 5.41) is 0.805. The lowest BCUT2D eigenvalue weighted by molar-refractivity contribution is -0.974. The average Bonchev–Trinajstić information content (AvgIpc) is 3.25. The number of quaternary nitrogens is 1. The molecule has 0 aromatic heterocycles. The number of rotatable bonds is 4. The highest BCUT2D eigenvalue weighted by Gasteiger charge is 2.49. The van der Waals surface area contributed by atoms with Crippen molar-refractivity contribution in [3.8, 4) is 0 Å². The predicted octanol–water partition coefficient (Wildman–Crippen LogP) is 4.32. The van der Waals surface area contributed by atoms with Crippen molar-refractivity contribution in [2.24, 2.45) is 0 Å². The minimum Gasteiger partial charge on any atom is -1.00 e. The van der Waals surface area contributed by atoms with Gasteiger partial charge in [-0.05, 0) is 49.1 Å². The number of esters is 1. The fraction of sp³-hybridized carbons (Fsp3) is 0.581. The van der Waals surface area contributed by atoms with Crippen molar-refractivity contribution < 1.29 is 26.4 Å². The van der Waals surface area contributed by atoms with E-state index in [2.05, 4.69) is 68.3 Å². The van der Waals surface area contributed by atoms with E-state index in [0.29, 0.717) is 18.7 Å². The Morgan fingerprint density at radius 1 is 1.03 bits per heavy atom. The van der Waals surface area contributed by atoms with Gasteiger partial charge >= 0.3 is 5.97 Å². The highest BCUT2D eigenvalue weighted by atomic mass is 35.5. The van der Waals surface area contributed by atoms with Crippen LogP contribution in [0.15, 0.2) is 48.5 Å². The fourth-order valence-electron chi connectivity index (χ4n) is 6.17. The zero-order valence-electron chi connectivity index (χ0n) is 23.0. The largest absolute Gasteiger partial charge is 1.00 e. The van der Waals surface area contributed by atoms with E-state index in [0.717, 1.165) is 35.6 Å². The van der Waals surface area contributed by atoms with E-state index in [-0.39, 0.29) is 23.9 Å². The molecule has 0 radical (unpaired) electrons. The first-order valence-electron chi connectivity index (χ1n) is 13.8. The van der Waals surface area contributed by atoms with Crippen molar-refractivity contribution in [2.45, 2.75) is 83.2 Å². The number of ether oxygens (including phenoxy) is 1. The second-order valence-corrected chi connectivity index (χ2v) is 12.2. The van der Waals surface area contributed by atoms with Crippen LogP contribution < -0.4 is 12.4 Å². The molecular formula is C31H44Cl2N2O2. The number of nitrogens with zero attached hydrogens (tertiary/aromatic N) is 2. The van der Waals surface area contributed by atoms with Gasteiger partial charge in [0.05, 0.1) is 20.1 Å². The van der Waals surface area contributed by atoms with E-state index in [1.165, 1.54) is 62.1 Å². The number of hydrogen-bond acceptors (Lipinski definition) is 3. The lowest BCUT2D eigenvalue weighted by Gasteiger charge is -2.53. The third-order valence-electron chi connectivity index (χ3n) is 8.87. The summed E-state index contributed by atoms with van der Waals surface area (Å²) in [7, 11) is 2.20. The average molecular weight is 548 g/mol. The SMILES string of the molecule is C1CCCCC1.CC(=O)OC[N@+]1(C)CCN([C@@H]2C[C@@H](c3ccccc3)c3ccc(Cl)cc32)CC1(C)C.[Cl-]. The van der Waals surface area contributed by atoms with Crippen LogP contribution in [0.4, 0.5) is 0 Å². The van der Waals surface area contributed by atoms with Gasteiger partial charge in [0.15, 0.2) is 0 Å². The summed E-state index contributed by atoms with van der Waals surface area (Å²) in [5.41, 5.74) is 4.10. The lowest BCUT2D eigenvalue weighted by atomic mass is 9.92. The Labute approximate surface area is 235 Å². The topological polar surface area (TPSA) is 29.5 Å². The molecule has 1 heterocycles. The van der Waals surface area contributed by atoms with Crippen molar-refractivity contribution >= 4 is 17.6 Å². The van der Waals surface area contributed by atoms with Crippen LogP contribution in [0.25, 0.3) is 0 Å². The molecule has 3 aliphatic rings. The molecule has 3 atom stereocenters. The van der Waals surface area contributed by atoms with Crippen LogP contribution in [0.1, 0.15) is 94.4 Å². The predicted molar refractivity (Wildman–Crippen MR) is 148 cm³/mol. The first-order chi connectivity index (χ1) is 17.2. The molecule has 2 aliphatic carbocycles. The number of benzene rings is 2. The molecule has 0 amide bonds. The lowest BCUT2D eigenvalue weighted by Crippen LogP contribution is -3.00. The van der Waals surface area contributed by atoms with Gasteiger partial charge in [-0.25, -0.2) is 0 Å². The molecule has 1 saturated carbocycles. The van der Waals surface area contributed by atoms with Crippen LogP contribution >= 0.6 is 11.6 Å². The molecule has 4 nitrogen and oxygen atoms in total. The molecule has 204 valence electrons. The van der Waals surface area contributed by atoms with Crippen molar-refractivity contribution in [3.05, 3.63) is 70.2 Å². The summed E-state index contributed by atoms with van der Waals surface area (Å²) in [6.07, 6.45) is 10.1. The molecule has 5 rings (SSSR count). The Kier molecular flexibility index (Phi) is 10.5. The number of halogens is 2. The monoisotopic (exact) mass is 546 g/mol. The highest BCUT2D eigenvalue weighted by molar-refractivity contribution is 6.30. The highest BCUT2D eigenvalue weighted by Crippen LogP contribution is 2.48. The summed E-state index contributed by atoms with van der Waals surface area (Å²) in [4.78, 5) is 14.0. The summed E-state index contributed by atoms with van der Waals surface area (Å²) in [6.45, 7) is 9.34. The van der Waals surface area contributed by atoms with Crippen LogP contribution in [0, 0.1) is 0 Å². The number of piperazine rings is 1. The second kappa shape index (κ2) is 13.0. The van der Waals surface area contributed by atoms with Gasteiger partial charge in [0.1, 0.15) is 5.54 Å². The molecule has 2 aromatic rings. The van der Waals surface area contributed by atoms with E-state index in [1.807, 2.05) is 6.07 Å². The standard InChI is InChI=1S/C25H32ClN2O2.C6H12.ClH/c1-18(29)30-17-28(4)13-12-27(16-25(28,2)3)24-15-22(19-8-6-5-7-9-19)21-11-10-20(26)14-23(21)24;1-2-4-6-5-3-1;/h5-11,14,22,24H,12-13,15-17H2,1-4H3;1-6H2;1H/q+1;;/p-1/t22-,24+,28-;;/m0../s1. The second-order valence-electron chi connectivity index (χ2n) is 11.8. The third kappa shape index (κ3) is 7.09. The molecule has 6 heteroatoms. The first-order valence-corrected chi connectivity index (χ1v) is 14.1. The first kappa shape index (κ1) is 30.0. The molecule has 1 aliphatic heterocycles. The maximum Gasteiger partial charge on any atom is 0.306 e. The third-order valence-corrected chi connectivity index (χ3v) is 9.10. The maximum absolute atomic E-state index is 11.4. The van der Waals surface area contributed by atoms with Gasteiger partial charge in [0.25, 0.3) is 0 Å². The van der Waals surface area contributed by atoms with Crippen LogP contribution in [-0.2, 0) is 9.53 Å². The van der Waals surface area contributed by atoms with Gasteiger partial charge < -0.3 is 17.1 Å². The van der Waals surface area contributed by atoms with E-state index in [9.17, 15) is 4.79 Å². The Morgan fingerprint density at radius 2 is 1.65 bits per heavy atom. The number of likely N-dealkylation sites (N-methyl/N-ethyl adjacent to an activating group) is 1. The summed E-state index contributed by atoms with van der Waals surface area (Å²) in [6, 6.07) is 17.5. The minimum atomic E-state index is -0.211. The van der Waals surface area contributed by atoms with E-state index < -0.39 is 0 Å². The van der Waals surface area contributed by atoms with Crippen LogP contribution in [-0.4, -0.2) is 54.3 Å². The number of carbonyl (C=O) groups excluding carboxylic acids is 1.